The van der Waals surface area contributed by atoms with Gasteiger partial charge in [0, 0.05) is 0 Å². The van der Waals surface area contributed by atoms with Crippen LogP contribution >= 0.6 is 0 Å². The molecule has 39 heteroatoms. The zero-order chi connectivity index (χ0) is 83.0. The Hall–Kier alpha value is -3.01. The van der Waals surface area contributed by atoms with Crippen molar-refractivity contribution in [3.63, 3.8) is 0 Å². The van der Waals surface area contributed by atoms with Crippen molar-refractivity contribution in [3.8, 4) is 0 Å². The van der Waals surface area contributed by atoms with E-state index in [4.69, 9.17) is 75.8 Å². The topological polar surface area (TPSA) is 603 Å². The van der Waals surface area contributed by atoms with Gasteiger partial charge in [-0.05, 0) is 124 Å². The summed E-state index contributed by atoms with van der Waals surface area (Å²) in [5, 5.41) is 220. The van der Waals surface area contributed by atoms with Gasteiger partial charge in [-0.15, -0.1) is 0 Å². The fraction of sp³-hybridized carbons (Fsp3) is 0.933. The molecule has 4 saturated carbocycles. The van der Waals surface area contributed by atoms with E-state index in [9.17, 15) is 112 Å². The Morgan fingerprint density at radius 3 is 1.55 bits per heavy atom. The van der Waals surface area contributed by atoms with Crippen LogP contribution in [0.25, 0.3) is 0 Å². The molecule has 0 spiro atoms. The Morgan fingerprint density at radius 2 is 0.947 bits per heavy atom. The molecule has 0 radical (unpaired) electrons. The molecule has 8 saturated heterocycles. The molecule has 0 bridgehead atoms. The predicted molar refractivity (Wildman–Crippen MR) is 372 cm³/mol. The number of ether oxygens (including phenoxy) is 16. The number of aliphatic carboxylic acids is 1. The first-order valence-corrected chi connectivity index (χ1v) is 39.7. The molecule has 39 nitrogen and oxygen atoms in total. The van der Waals surface area contributed by atoms with Gasteiger partial charge >= 0.3 is 11.9 Å². The van der Waals surface area contributed by atoms with E-state index in [1.165, 1.54) is 20.8 Å². The van der Waals surface area contributed by atoms with E-state index in [1.54, 1.807) is 6.92 Å². The van der Waals surface area contributed by atoms with Crippen LogP contribution in [-0.2, 0) is 90.2 Å². The number of fused-ring (bicyclic) bond motifs is 7. The Balaban J connectivity index is 0.738. The predicted octanol–water partition coefficient (Wildman–Crippen LogP) is -6.47. The fourth-order valence-corrected chi connectivity index (χ4v) is 21.3. The second kappa shape index (κ2) is 33.7. The van der Waals surface area contributed by atoms with Crippen LogP contribution < -0.4 is 0 Å². The number of aliphatic hydroxyl groups is 19. The third kappa shape index (κ3) is 15.5. The fourth-order valence-electron chi connectivity index (χ4n) is 21.3. The van der Waals surface area contributed by atoms with E-state index in [0.717, 1.165) is 11.9 Å². The molecule has 0 aromatic carbocycles. The maximum absolute atomic E-state index is 16.0. The zero-order valence-corrected chi connectivity index (χ0v) is 64.9. The highest BCUT2D eigenvalue weighted by Gasteiger charge is 2.72. The maximum Gasteiger partial charge on any atom is 0.335 e. The average Bonchev–Trinajstić information content (AvgIpc) is 0.673. The molecule has 0 aromatic rings. The van der Waals surface area contributed by atoms with Crippen LogP contribution in [0.3, 0.4) is 0 Å². The van der Waals surface area contributed by atoms with Gasteiger partial charge < -0.3 is 183 Å². The molecular formula is C75H118O39. The monoisotopic (exact) mass is 1640 g/mol. The first kappa shape index (κ1) is 88.8. The highest BCUT2D eigenvalue weighted by atomic mass is 16.8. The summed E-state index contributed by atoms with van der Waals surface area (Å²) in [6.45, 7) is 14.5. The second-order valence-electron chi connectivity index (χ2n) is 35.8. The molecule has 8 aliphatic heterocycles. The molecule has 46 unspecified atom stereocenters. The third-order valence-corrected chi connectivity index (χ3v) is 28.5. The molecule has 13 aliphatic rings. The van der Waals surface area contributed by atoms with Crippen molar-refractivity contribution in [1.82, 2.24) is 0 Å². The molecule has 114 heavy (non-hydrogen) atoms. The van der Waals surface area contributed by atoms with Crippen LogP contribution in [-0.4, -0.2) is 380 Å². The lowest BCUT2D eigenvalue weighted by Crippen LogP contribution is -2.69. The number of rotatable bonds is 19. The van der Waals surface area contributed by atoms with Gasteiger partial charge in [0.1, 0.15) is 153 Å². The number of esters is 1. The van der Waals surface area contributed by atoms with Gasteiger partial charge in [-0.3, -0.25) is 4.79 Å². The van der Waals surface area contributed by atoms with E-state index in [0.29, 0.717) is 57.8 Å². The van der Waals surface area contributed by atoms with Gasteiger partial charge in [-0.25, -0.2) is 4.79 Å². The molecule has 46 atom stereocenters. The highest BCUT2D eigenvalue weighted by molar-refractivity contribution is 5.79. The Kier molecular flexibility index (Phi) is 26.2. The first-order chi connectivity index (χ1) is 53.5. The standard InChI is InChI=1S/C75H118O39/c1-26-38(81)42(85)47(90)64(102-26)112-58-50(93)54(108-65-49(92)44(87)53(27(2)103-65)107-63-52(95)55(33(80)24-101-63)109-61-45(88)39(82)31(78)22-99-61)28(3)104-67(58)114-69(98)75-18-16-70(4,5)20-30(75)29-10-11-36-71(6)14-13-37(72(7,25-77)35(71)12-15-74(36,9)73(29,8)17-19-75)106-68-59(113-66-48(91)43(86)41(84)34(21-76)105-66)56(51(94)57(111-68)60(96)97)110-62-46(89)40(83)32(79)23-100-62/h10,25-28,30-59,61-68,76,78-95H,11-24H2,1-9H3,(H,96,97). The van der Waals surface area contributed by atoms with E-state index in [-0.39, 0.29) is 17.8 Å². The van der Waals surface area contributed by atoms with Crippen molar-refractivity contribution in [3.05, 3.63) is 11.6 Å². The van der Waals surface area contributed by atoms with Gasteiger partial charge in [0.2, 0.25) is 6.29 Å². The lowest BCUT2D eigenvalue weighted by Gasteiger charge is -2.71. The van der Waals surface area contributed by atoms with Crippen molar-refractivity contribution in [1.29, 1.82) is 0 Å². The summed E-state index contributed by atoms with van der Waals surface area (Å²) >= 11 is 0. The third-order valence-electron chi connectivity index (χ3n) is 28.5. The summed E-state index contributed by atoms with van der Waals surface area (Å²) in [5.74, 6) is -3.49. The second-order valence-corrected chi connectivity index (χ2v) is 35.8. The summed E-state index contributed by atoms with van der Waals surface area (Å²) in [6, 6.07) is 0. The summed E-state index contributed by atoms with van der Waals surface area (Å²) in [4.78, 5) is 43.4. The summed E-state index contributed by atoms with van der Waals surface area (Å²) in [6.07, 6.45) is -59.5. The van der Waals surface area contributed by atoms with Crippen LogP contribution in [0.4, 0.5) is 0 Å². The minimum Gasteiger partial charge on any atom is -0.479 e. The van der Waals surface area contributed by atoms with Gasteiger partial charge in [-0.2, -0.15) is 0 Å². The summed E-state index contributed by atoms with van der Waals surface area (Å²) in [7, 11) is 0. The van der Waals surface area contributed by atoms with E-state index in [1.807, 2.05) is 0 Å². The number of hydrogen-bond acceptors (Lipinski definition) is 38. The SMILES string of the molecule is CC1OC(OC2C(OC(=O)C34CCC(C)(C)CC3C3=CCC5C6(C)CCC(OC7OC(C(=O)O)C(O)C(OC8OCC(O)C(O)C8O)C7OC7OC(CO)C(O)C(O)C7O)C(C)(C=O)C6CCC5(C)C3(C)CC4)OC(C)C(OC3OC(C)C(OC4OCC(O)C(OC5OCC(O)C(O)C5O)C4O)C(O)C3O)C2O)C(O)C(O)C1O. The van der Waals surface area contributed by atoms with Crippen molar-refractivity contribution in [2.45, 2.75) is 360 Å². The molecule has 0 amide bonds. The lowest BCUT2D eigenvalue weighted by molar-refractivity contribution is -0.391. The number of aliphatic hydroxyl groups excluding tert-OH is 19. The van der Waals surface area contributed by atoms with Crippen molar-refractivity contribution in [2.24, 2.45) is 50.2 Å². The van der Waals surface area contributed by atoms with Gasteiger partial charge in [0.05, 0.1) is 61.7 Å². The Labute approximate surface area is 656 Å². The summed E-state index contributed by atoms with van der Waals surface area (Å²) in [5.41, 5.74) is -3.73. The quantitative estimate of drug-likeness (QED) is 0.0247. The first-order valence-electron chi connectivity index (χ1n) is 39.7. The van der Waals surface area contributed by atoms with Gasteiger partial charge in [-0.1, -0.05) is 53.2 Å². The molecule has 12 fully saturated rings. The largest absolute Gasteiger partial charge is 0.479 e. The van der Waals surface area contributed by atoms with Crippen molar-refractivity contribution >= 4 is 18.2 Å². The number of carbonyl (C=O) groups excluding carboxylic acids is 2. The molecule has 652 valence electrons. The lowest BCUT2D eigenvalue weighted by atomic mass is 9.33. The van der Waals surface area contributed by atoms with Crippen LogP contribution in [0.5, 0.6) is 0 Å². The number of carboxylic acid groups (broad SMARTS) is 1. The molecular weight excluding hydrogens is 1520 g/mol. The smallest absolute Gasteiger partial charge is 0.335 e. The number of hydrogen-bond donors (Lipinski definition) is 20. The number of carbonyl (C=O) groups is 3. The van der Waals surface area contributed by atoms with Crippen LogP contribution in [0, 0.1) is 50.2 Å². The average molecular weight is 1640 g/mol. The Morgan fingerprint density at radius 1 is 0.447 bits per heavy atom. The van der Waals surface area contributed by atoms with E-state index >= 15 is 4.79 Å². The molecule has 8 heterocycles. The zero-order valence-electron chi connectivity index (χ0n) is 64.9. The van der Waals surface area contributed by atoms with Gasteiger partial charge in [0.25, 0.3) is 0 Å². The number of carboxylic acids is 1. The van der Waals surface area contributed by atoms with E-state index in [2.05, 4.69) is 40.7 Å². The Bertz CT molecular complexity index is 3360. The number of aldehydes is 1. The van der Waals surface area contributed by atoms with Crippen LogP contribution in [0.2, 0.25) is 0 Å². The summed E-state index contributed by atoms with van der Waals surface area (Å²) < 4.78 is 96.6. The van der Waals surface area contributed by atoms with Crippen LogP contribution in [0.15, 0.2) is 11.6 Å². The minimum atomic E-state index is -2.22. The minimum absolute atomic E-state index is 0.125. The molecule has 0 aromatic heterocycles. The van der Waals surface area contributed by atoms with E-state index < -0.39 is 311 Å². The molecule has 20 N–H and O–H groups in total. The molecule has 13 rings (SSSR count). The van der Waals surface area contributed by atoms with Gasteiger partial charge in [0.15, 0.2) is 56.2 Å². The molecule has 5 aliphatic carbocycles. The highest BCUT2D eigenvalue weighted by Crippen LogP contribution is 2.76. The maximum atomic E-state index is 16.0. The van der Waals surface area contributed by atoms with Crippen molar-refractivity contribution < 1.29 is 192 Å². The number of allylic oxidation sites excluding steroid dienone is 2. The normalized spacial score (nSPS) is 55.1. The van der Waals surface area contributed by atoms with Crippen molar-refractivity contribution in [2.75, 3.05) is 26.4 Å². The van der Waals surface area contributed by atoms with Crippen LogP contribution in [0.1, 0.15) is 127 Å².